The van der Waals surface area contributed by atoms with Crippen molar-refractivity contribution in [2.24, 2.45) is 0 Å². The summed E-state index contributed by atoms with van der Waals surface area (Å²) >= 11 is 1.31. The van der Waals surface area contributed by atoms with E-state index in [9.17, 15) is 9.18 Å². The Kier molecular flexibility index (Phi) is 7.92. The van der Waals surface area contributed by atoms with E-state index in [-0.39, 0.29) is 29.6 Å². The van der Waals surface area contributed by atoms with Crippen LogP contribution in [0.2, 0.25) is 0 Å². The Balaban J connectivity index is 1.46. The van der Waals surface area contributed by atoms with E-state index >= 15 is 0 Å². The molecule has 2 heterocycles. The van der Waals surface area contributed by atoms with E-state index in [2.05, 4.69) is 10.2 Å². The summed E-state index contributed by atoms with van der Waals surface area (Å²) in [5.41, 5.74) is 0.744. The van der Waals surface area contributed by atoms with Crippen LogP contribution >= 0.6 is 11.8 Å². The minimum absolute atomic E-state index is 0.0314. The molecule has 2 aromatic carbocycles. The van der Waals surface area contributed by atoms with Crippen LogP contribution in [0, 0.1) is 5.82 Å². The van der Waals surface area contributed by atoms with Gasteiger partial charge in [0.25, 0.3) is 0 Å². The number of carbonyl (C=O) groups is 1. The van der Waals surface area contributed by atoms with Crippen molar-refractivity contribution in [1.29, 1.82) is 0 Å². The molecule has 1 aromatic heterocycles. The molecule has 0 saturated carbocycles. The molecule has 0 radical (unpaired) electrons. The molecular formula is C25H30FN5O3S. The third kappa shape index (κ3) is 5.76. The van der Waals surface area contributed by atoms with Gasteiger partial charge in [-0.3, -0.25) is 14.3 Å². The fourth-order valence-corrected chi connectivity index (χ4v) is 4.59. The van der Waals surface area contributed by atoms with Crippen LogP contribution in [0.3, 0.4) is 0 Å². The fraction of sp³-hybridized carbons (Fsp3) is 0.400. The Morgan fingerprint density at radius 1 is 1.17 bits per heavy atom. The Hall–Kier alpha value is -3.11. The van der Waals surface area contributed by atoms with Crippen LogP contribution in [0.4, 0.5) is 4.39 Å². The lowest BCUT2D eigenvalue weighted by Crippen LogP contribution is -2.44. The summed E-state index contributed by atoms with van der Waals surface area (Å²) < 4.78 is 27.2. The molecule has 2 atom stereocenters. The summed E-state index contributed by atoms with van der Waals surface area (Å²) in [5, 5.41) is 9.33. The lowest BCUT2D eigenvalue weighted by atomic mass is 10.2. The predicted octanol–water partition coefficient (Wildman–Crippen LogP) is 3.81. The van der Waals surface area contributed by atoms with Gasteiger partial charge in [-0.15, -0.1) is 10.2 Å². The van der Waals surface area contributed by atoms with E-state index < -0.39 is 0 Å². The van der Waals surface area contributed by atoms with Gasteiger partial charge in [0, 0.05) is 12.2 Å². The van der Waals surface area contributed by atoms with Gasteiger partial charge in [0.15, 0.2) is 28.6 Å². The topological polar surface area (TPSA) is 72.7 Å². The van der Waals surface area contributed by atoms with Crippen molar-refractivity contribution in [3.8, 4) is 17.2 Å². The highest BCUT2D eigenvalue weighted by Crippen LogP contribution is 2.31. The molecule has 0 spiro atoms. The maximum absolute atomic E-state index is 13.5. The Morgan fingerprint density at radius 2 is 1.89 bits per heavy atom. The molecule has 35 heavy (non-hydrogen) atoms. The van der Waals surface area contributed by atoms with E-state index in [1.54, 1.807) is 17.0 Å². The molecule has 0 N–H and O–H groups in total. The molecule has 4 rings (SSSR count). The summed E-state index contributed by atoms with van der Waals surface area (Å²) in [7, 11) is 3.92. The number of benzene rings is 2. The van der Waals surface area contributed by atoms with Gasteiger partial charge in [-0.05, 0) is 64.3 Å². The molecule has 10 heteroatoms. The molecule has 1 amide bonds. The second-order valence-electron chi connectivity index (χ2n) is 8.51. The average molecular weight is 500 g/mol. The van der Waals surface area contributed by atoms with E-state index in [1.807, 2.05) is 61.7 Å². The summed E-state index contributed by atoms with van der Waals surface area (Å²) in [6.45, 7) is 5.33. The Labute approximate surface area is 209 Å². The quantitative estimate of drug-likeness (QED) is 0.415. The number of amides is 1. The molecule has 3 aromatic rings. The summed E-state index contributed by atoms with van der Waals surface area (Å²) in [4.78, 5) is 16.9. The van der Waals surface area contributed by atoms with Crippen LogP contribution < -0.4 is 9.47 Å². The molecule has 1 aliphatic heterocycles. The first-order valence-electron chi connectivity index (χ1n) is 11.5. The van der Waals surface area contributed by atoms with Crippen LogP contribution in [-0.4, -0.2) is 76.1 Å². The number of likely N-dealkylation sites (N-methyl/N-ethyl adjacent to an activating group) is 1. The Morgan fingerprint density at radius 3 is 2.57 bits per heavy atom. The summed E-state index contributed by atoms with van der Waals surface area (Å²) in [6.07, 6.45) is -0.241. The Bertz CT molecular complexity index is 1150. The number of nitrogens with zero attached hydrogens (tertiary/aromatic N) is 5. The maximum Gasteiger partial charge on any atom is 0.233 e. The van der Waals surface area contributed by atoms with Gasteiger partial charge in [0.1, 0.15) is 12.4 Å². The smallest absolute Gasteiger partial charge is 0.233 e. The van der Waals surface area contributed by atoms with Crippen LogP contribution in [0.25, 0.3) is 5.69 Å². The largest absolute Gasteiger partial charge is 0.486 e. The molecule has 0 unspecified atom stereocenters. The van der Waals surface area contributed by atoms with E-state index in [1.165, 1.54) is 23.9 Å². The van der Waals surface area contributed by atoms with E-state index in [0.717, 1.165) is 17.3 Å². The number of rotatable bonds is 9. The SMILES string of the molecule is CCN(C[C@H]1COc2ccccc2O1)C(=O)CSc1nnc([C@H](C)N(C)C)n1-c1ccc(F)cc1. The zero-order chi connectivity index (χ0) is 24.9. The molecule has 8 nitrogen and oxygen atoms in total. The summed E-state index contributed by atoms with van der Waals surface area (Å²) in [6, 6.07) is 13.7. The van der Waals surface area contributed by atoms with Gasteiger partial charge < -0.3 is 14.4 Å². The zero-order valence-electron chi connectivity index (χ0n) is 20.3. The summed E-state index contributed by atoms with van der Waals surface area (Å²) in [5.74, 6) is 1.97. The normalized spacial score (nSPS) is 15.8. The van der Waals surface area contributed by atoms with E-state index in [4.69, 9.17) is 9.47 Å². The number of hydrogen-bond donors (Lipinski definition) is 0. The molecule has 0 aliphatic carbocycles. The molecule has 0 saturated heterocycles. The van der Waals surface area contributed by atoms with Crippen molar-refractivity contribution in [3.63, 3.8) is 0 Å². The second-order valence-corrected chi connectivity index (χ2v) is 9.45. The van der Waals surface area contributed by atoms with Crippen LogP contribution in [-0.2, 0) is 4.79 Å². The minimum atomic E-state index is -0.316. The lowest BCUT2D eigenvalue weighted by molar-refractivity contribution is -0.129. The van der Waals surface area contributed by atoms with Crippen LogP contribution in [0.1, 0.15) is 25.7 Å². The monoisotopic (exact) mass is 499 g/mol. The molecule has 0 fully saturated rings. The minimum Gasteiger partial charge on any atom is -0.486 e. The standard InChI is InChI=1S/C25H30FN5O3S/c1-5-30(14-20-15-33-21-8-6-7-9-22(21)34-20)23(32)16-35-25-28-27-24(17(2)29(3)4)31(25)19-12-10-18(26)11-13-19/h6-13,17,20H,5,14-16H2,1-4H3/t17-,20-/m0/s1. The number of para-hydroxylation sites is 2. The van der Waals surface area contributed by atoms with Gasteiger partial charge in [0.05, 0.1) is 18.3 Å². The van der Waals surface area contributed by atoms with Gasteiger partial charge in [-0.2, -0.15) is 0 Å². The number of thioether (sulfide) groups is 1. The highest BCUT2D eigenvalue weighted by molar-refractivity contribution is 7.99. The van der Waals surface area contributed by atoms with Crippen molar-refractivity contribution in [2.75, 3.05) is 39.5 Å². The molecular weight excluding hydrogens is 469 g/mol. The van der Waals surface area contributed by atoms with Gasteiger partial charge in [0.2, 0.25) is 5.91 Å². The fourth-order valence-electron chi connectivity index (χ4n) is 3.73. The third-order valence-corrected chi connectivity index (χ3v) is 6.86. The van der Waals surface area contributed by atoms with Gasteiger partial charge in [-0.25, -0.2) is 4.39 Å². The third-order valence-electron chi connectivity index (χ3n) is 5.94. The van der Waals surface area contributed by atoms with Crippen molar-refractivity contribution in [3.05, 3.63) is 60.2 Å². The van der Waals surface area contributed by atoms with E-state index in [0.29, 0.717) is 30.6 Å². The van der Waals surface area contributed by atoms with Crippen molar-refractivity contribution < 1.29 is 18.7 Å². The number of aromatic nitrogens is 3. The van der Waals surface area contributed by atoms with Crippen LogP contribution in [0.15, 0.2) is 53.7 Å². The number of halogens is 1. The lowest BCUT2D eigenvalue weighted by Gasteiger charge is -2.30. The molecule has 0 bridgehead atoms. The molecule has 186 valence electrons. The number of fused-ring (bicyclic) bond motifs is 1. The first kappa shape index (κ1) is 25.0. The van der Waals surface area contributed by atoms with Crippen molar-refractivity contribution >= 4 is 17.7 Å². The number of hydrogen-bond acceptors (Lipinski definition) is 7. The second kappa shape index (κ2) is 11.1. The number of carbonyl (C=O) groups excluding carboxylic acids is 1. The predicted molar refractivity (Wildman–Crippen MR) is 133 cm³/mol. The first-order valence-corrected chi connectivity index (χ1v) is 12.5. The zero-order valence-corrected chi connectivity index (χ0v) is 21.2. The van der Waals surface area contributed by atoms with Gasteiger partial charge >= 0.3 is 0 Å². The first-order chi connectivity index (χ1) is 16.9. The van der Waals surface area contributed by atoms with Crippen molar-refractivity contribution in [2.45, 2.75) is 31.1 Å². The van der Waals surface area contributed by atoms with Crippen LogP contribution in [0.5, 0.6) is 11.5 Å². The molecule has 1 aliphatic rings. The van der Waals surface area contributed by atoms with Gasteiger partial charge in [-0.1, -0.05) is 23.9 Å². The maximum atomic E-state index is 13.5. The highest BCUT2D eigenvalue weighted by atomic mass is 32.2. The van der Waals surface area contributed by atoms with Crippen molar-refractivity contribution in [1.82, 2.24) is 24.6 Å². The highest BCUT2D eigenvalue weighted by Gasteiger charge is 2.26. The average Bonchev–Trinajstić information content (AvgIpc) is 3.29. The number of ether oxygens (including phenoxy) is 2.